The second-order valence-corrected chi connectivity index (χ2v) is 17.9. The molecule has 0 saturated carbocycles. The van der Waals surface area contributed by atoms with Crippen LogP contribution >= 0.6 is 0 Å². The van der Waals surface area contributed by atoms with Gasteiger partial charge in [-0.1, -0.05) is 107 Å². The molecule has 0 aliphatic heterocycles. The summed E-state index contributed by atoms with van der Waals surface area (Å²) >= 11 is 0. The van der Waals surface area contributed by atoms with Crippen molar-refractivity contribution < 1.29 is 0 Å². The van der Waals surface area contributed by atoms with Gasteiger partial charge in [0.2, 0.25) is 0 Å². The van der Waals surface area contributed by atoms with Gasteiger partial charge < -0.3 is 0 Å². The number of fused-ring (bicyclic) bond motifs is 2. The Balaban J connectivity index is 1.60. The average Bonchev–Trinajstić information content (AvgIpc) is 3.38. The van der Waals surface area contributed by atoms with Gasteiger partial charge in [0.15, 0.2) is 0 Å². The van der Waals surface area contributed by atoms with Crippen LogP contribution in [0.1, 0.15) is 69.5 Å². The van der Waals surface area contributed by atoms with Crippen LogP contribution in [0.3, 0.4) is 0 Å². The number of aryl methyl sites for hydroxylation is 6. The van der Waals surface area contributed by atoms with E-state index in [1.165, 1.54) is 66.8 Å². The molecule has 0 saturated heterocycles. The zero-order chi connectivity index (χ0) is 29.4. The van der Waals surface area contributed by atoms with E-state index in [1.807, 2.05) is 0 Å². The summed E-state index contributed by atoms with van der Waals surface area (Å²) in [7, 11) is -2.14. The monoisotopic (exact) mass is 552 g/mol. The van der Waals surface area contributed by atoms with E-state index in [0.29, 0.717) is 0 Å². The van der Waals surface area contributed by atoms with Crippen molar-refractivity contribution in [2.45, 2.75) is 81.3 Å². The Bertz CT molecular complexity index is 1650. The Morgan fingerprint density at radius 2 is 0.780 bits per heavy atom. The van der Waals surface area contributed by atoms with Crippen molar-refractivity contribution in [2.24, 2.45) is 0 Å². The maximum absolute atomic E-state index is 2.64. The third-order valence-electron chi connectivity index (χ3n) is 9.54. The van der Waals surface area contributed by atoms with Gasteiger partial charge in [-0.3, -0.25) is 0 Å². The van der Waals surface area contributed by atoms with Gasteiger partial charge in [0, 0.05) is 0 Å². The van der Waals surface area contributed by atoms with Crippen LogP contribution in [-0.2, 0) is 12.8 Å². The van der Waals surface area contributed by atoms with E-state index in [2.05, 4.69) is 129 Å². The molecule has 2 aliphatic rings. The molecule has 4 aromatic carbocycles. The lowest BCUT2D eigenvalue weighted by Gasteiger charge is -2.33. The Kier molecular flexibility index (Phi) is 6.66. The minimum atomic E-state index is -2.14. The highest BCUT2D eigenvalue weighted by Crippen LogP contribution is 2.53. The van der Waals surface area contributed by atoms with Gasteiger partial charge >= 0.3 is 0 Å². The lowest BCUT2D eigenvalue weighted by atomic mass is 9.91. The predicted octanol–water partition coefficient (Wildman–Crippen LogP) is 11.0. The molecule has 6 rings (SSSR count). The standard InChI is InChI=1S/C40H44Si/c1-23-15-24(2)18-33(17-23)35-27(5)11-13-31-21-29(7)39(37(31)35)41(9,10)40-30(8)22-32-14-12-28(6)36(38(32)40)34-19-25(3)16-26(4)20-34/h11-20H,21-22H2,1-10H3. The maximum atomic E-state index is 2.64. The molecule has 0 unspecified atom stereocenters. The maximum Gasteiger partial charge on any atom is 0.113 e. The van der Waals surface area contributed by atoms with E-state index in [4.69, 9.17) is 0 Å². The van der Waals surface area contributed by atoms with Gasteiger partial charge in [0.05, 0.1) is 0 Å². The molecule has 0 atom stereocenters. The van der Waals surface area contributed by atoms with E-state index < -0.39 is 8.07 Å². The molecule has 0 aromatic heterocycles. The van der Waals surface area contributed by atoms with Crippen molar-refractivity contribution in [3.63, 3.8) is 0 Å². The first-order chi connectivity index (χ1) is 19.4. The van der Waals surface area contributed by atoms with Gasteiger partial charge in [-0.15, -0.1) is 0 Å². The molecule has 0 amide bonds. The fourth-order valence-electron chi connectivity index (χ4n) is 8.34. The predicted molar refractivity (Wildman–Crippen MR) is 182 cm³/mol. The molecule has 0 bridgehead atoms. The average molecular weight is 553 g/mol. The highest BCUT2D eigenvalue weighted by atomic mass is 28.3. The number of allylic oxidation sites excluding steroid dienone is 2. The molecule has 208 valence electrons. The van der Waals surface area contributed by atoms with Crippen LogP contribution in [0.5, 0.6) is 0 Å². The fourth-order valence-corrected chi connectivity index (χ4v) is 12.7. The molecular formula is C40H44Si. The molecule has 0 fully saturated rings. The summed E-state index contributed by atoms with van der Waals surface area (Å²) in [6.07, 6.45) is 2.13. The summed E-state index contributed by atoms with van der Waals surface area (Å²) in [6, 6.07) is 23.7. The highest BCUT2D eigenvalue weighted by molar-refractivity contribution is 7.09. The topological polar surface area (TPSA) is 0 Å². The number of hydrogen-bond donors (Lipinski definition) is 0. The summed E-state index contributed by atoms with van der Waals surface area (Å²) in [5, 5.41) is 3.33. The lowest BCUT2D eigenvalue weighted by molar-refractivity contribution is 1.19. The van der Waals surface area contributed by atoms with E-state index in [-0.39, 0.29) is 0 Å². The minimum Gasteiger partial charge on any atom is -0.0686 e. The van der Waals surface area contributed by atoms with Crippen molar-refractivity contribution in [3.8, 4) is 22.3 Å². The van der Waals surface area contributed by atoms with Gasteiger partial charge in [-0.2, -0.15) is 0 Å². The molecule has 0 heterocycles. The first-order valence-corrected chi connectivity index (χ1v) is 18.2. The van der Waals surface area contributed by atoms with Crippen molar-refractivity contribution in [3.05, 3.63) is 127 Å². The van der Waals surface area contributed by atoms with Crippen LogP contribution in [0.2, 0.25) is 13.1 Å². The summed E-state index contributed by atoms with van der Waals surface area (Å²) in [5.74, 6) is 0. The van der Waals surface area contributed by atoms with Crippen LogP contribution < -0.4 is 0 Å². The molecule has 2 aliphatic carbocycles. The van der Waals surface area contributed by atoms with Crippen molar-refractivity contribution >= 4 is 18.5 Å². The number of benzene rings is 4. The van der Waals surface area contributed by atoms with Crippen molar-refractivity contribution in [1.29, 1.82) is 0 Å². The van der Waals surface area contributed by atoms with Gasteiger partial charge in [0.25, 0.3) is 0 Å². The van der Waals surface area contributed by atoms with Gasteiger partial charge in [-0.05, 0) is 134 Å². The zero-order valence-electron chi connectivity index (χ0n) is 26.7. The second-order valence-electron chi connectivity index (χ2n) is 13.6. The van der Waals surface area contributed by atoms with E-state index in [1.54, 1.807) is 32.7 Å². The zero-order valence-corrected chi connectivity index (χ0v) is 27.7. The molecular weight excluding hydrogens is 509 g/mol. The van der Waals surface area contributed by atoms with Crippen LogP contribution in [0.25, 0.3) is 32.6 Å². The first kappa shape index (κ1) is 27.7. The summed E-state index contributed by atoms with van der Waals surface area (Å²) in [6.45, 7) is 23.6. The Labute approximate surface area is 248 Å². The Hall–Kier alpha value is -3.42. The quantitative estimate of drug-likeness (QED) is 0.221. The first-order valence-electron chi connectivity index (χ1n) is 15.2. The largest absolute Gasteiger partial charge is 0.113 e. The molecule has 0 spiro atoms. The molecule has 0 nitrogen and oxygen atoms in total. The minimum absolute atomic E-state index is 1.07. The lowest BCUT2D eigenvalue weighted by Crippen LogP contribution is -2.31. The van der Waals surface area contributed by atoms with E-state index in [9.17, 15) is 0 Å². The van der Waals surface area contributed by atoms with Gasteiger partial charge in [0.1, 0.15) is 8.07 Å². The normalized spacial score (nSPS) is 14.7. The molecule has 0 N–H and O–H groups in total. The number of hydrogen-bond acceptors (Lipinski definition) is 0. The molecule has 41 heavy (non-hydrogen) atoms. The summed E-state index contributed by atoms with van der Waals surface area (Å²) < 4.78 is 0. The Morgan fingerprint density at radius 3 is 1.12 bits per heavy atom. The summed E-state index contributed by atoms with van der Waals surface area (Å²) in [5.41, 5.74) is 23.0. The van der Waals surface area contributed by atoms with Crippen LogP contribution in [-0.4, -0.2) is 8.07 Å². The third kappa shape index (κ3) is 4.50. The fraction of sp³-hybridized carbons (Fsp3) is 0.300. The van der Waals surface area contributed by atoms with Gasteiger partial charge in [-0.25, -0.2) is 0 Å². The highest BCUT2D eigenvalue weighted by Gasteiger charge is 2.42. The second kappa shape index (κ2) is 9.84. The van der Waals surface area contributed by atoms with Crippen molar-refractivity contribution in [2.75, 3.05) is 0 Å². The molecule has 0 radical (unpaired) electrons. The third-order valence-corrected chi connectivity index (χ3v) is 13.4. The molecule has 4 aromatic rings. The van der Waals surface area contributed by atoms with Crippen LogP contribution in [0.4, 0.5) is 0 Å². The van der Waals surface area contributed by atoms with E-state index in [0.717, 1.165) is 12.8 Å². The van der Waals surface area contributed by atoms with Crippen LogP contribution in [0, 0.1) is 41.5 Å². The SMILES string of the molecule is CC1=C([Si](C)(C)C2=C(C)Cc3ccc(C)c(-c4cc(C)cc(C)c4)c32)c2c(ccc(C)c2-c2cc(C)cc(C)c2)C1. The van der Waals surface area contributed by atoms with E-state index >= 15 is 0 Å². The Morgan fingerprint density at radius 1 is 0.439 bits per heavy atom. The molecule has 1 heteroatoms. The summed E-state index contributed by atoms with van der Waals surface area (Å²) in [4.78, 5) is 0. The number of rotatable bonds is 4. The smallest absolute Gasteiger partial charge is 0.0686 e. The van der Waals surface area contributed by atoms with Crippen molar-refractivity contribution in [1.82, 2.24) is 0 Å². The van der Waals surface area contributed by atoms with Crippen LogP contribution in [0.15, 0.2) is 71.8 Å².